The van der Waals surface area contributed by atoms with Gasteiger partial charge in [0.2, 0.25) is 5.91 Å². The van der Waals surface area contributed by atoms with Gasteiger partial charge in [-0.2, -0.15) is 0 Å². The molecule has 3 heteroatoms. The van der Waals surface area contributed by atoms with Gasteiger partial charge in [0.05, 0.1) is 5.54 Å². The van der Waals surface area contributed by atoms with E-state index in [-0.39, 0.29) is 5.91 Å². The molecule has 2 fully saturated rings. The van der Waals surface area contributed by atoms with Gasteiger partial charge < -0.3 is 11.1 Å². The summed E-state index contributed by atoms with van der Waals surface area (Å²) in [6, 6.07) is 0.336. The smallest absolute Gasteiger partial charge is 0.240 e. The molecule has 0 aromatic heterocycles. The quantitative estimate of drug-likeness (QED) is 0.790. The molecular weight excluding hydrogens is 212 g/mol. The van der Waals surface area contributed by atoms with E-state index in [9.17, 15) is 4.79 Å². The molecule has 98 valence electrons. The summed E-state index contributed by atoms with van der Waals surface area (Å²) in [6.45, 7) is 6.43. The van der Waals surface area contributed by atoms with Crippen molar-refractivity contribution in [2.45, 2.75) is 64.5 Å². The molecule has 0 spiro atoms. The van der Waals surface area contributed by atoms with Crippen molar-refractivity contribution in [2.75, 3.05) is 0 Å². The van der Waals surface area contributed by atoms with E-state index in [1.165, 1.54) is 6.42 Å². The van der Waals surface area contributed by atoms with Crippen LogP contribution < -0.4 is 11.1 Å². The first-order valence-electron chi connectivity index (χ1n) is 6.99. The average molecular weight is 238 g/mol. The summed E-state index contributed by atoms with van der Waals surface area (Å²) >= 11 is 0. The normalized spacial score (nSPS) is 37.3. The van der Waals surface area contributed by atoms with Crippen molar-refractivity contribution in [1.82, 2.24) is 5.32 Å². The molecule has 0 aliphatic heterocycles. The molecule has 17 heavy (non-hydrogen) atoms. The van der Waals surface area contributed by atoms with Crippen LogP contribution in [0.5, 0.6) is 0 Å². The van der Waals surface area contributed by atoms with Gasteiger partial charge in [-0.3, -0.25) is 4.79 Å². The zero-order valence-corrected chi connectivity index (χ0v) is 11.3. The molecule has 2 saturated carbocycles. The van der Waals surface area contributed by atoms with Crippen LogP contribution in [0.15, 0.2) is 0 Å². The zero-order chi connectivity index (χ0) is 12.6. The van der Waals surface area contributed by atoms with Crippen molar-refractivity contribution in [2.24, 2.45) is 23.5 Å². The zero-order valence-electron chi connectivity index (χ0n) is 11.3. The lowest BCUT2D eigenvalue weighted by molar-refractivity contribution is -0.127. The molecule has 0 heterocycles. The van der Waals surface area contributed by atoms with Crippen LogP contribution >= 0.6 is 0 Å². The molecule has 0 saturated heterocycles. The van der Waals surface area contributed by atoms with Gasteiger partial charge in [0.1, 0.15) is 0 Å². The molecule has 2 aliphatic carbocycles. The van der Waals surface area contributed by atoms with Crippen LogP contribution in [0.3, 0.4) is 0 Å². The molecule has 0 aromatic carbocycles. The molecule has 0 aromatic rings. The Hall–Kier alpha value is -0.570. The number of amides is 1. The lowest BCUT2D eigenvalue weighted by Gasteiger charge is -2.34. The van der Waals surface area contributed by atoms with Gasteiger partial charge in [0.15, 0.2) is 0 Å². The van der Waals surface area contributed by atoms with Crippen LogP contribution in [-0.2, 0) is 4.79 Å². The van der Waals surface area contributed by atoms with Crippen LogP contribution in [0.4, 0.5) is 0 Å². The molecule has 0 bridgehead atoms. The highest BCUT2D eigenvalue weighted by Crippen LogP contribution is 2.38. The van der Waals surface area contributed by atoms with Gasteiger partial charge >= 0.3 is 0 Å². The number of hydrogen-bond donors (Lipinski definition) is 2. The molecule has 0 radical (unpaired) electrons. The van der Waals surface area contributed by atoms with Gasteiger partial charge in [-0.1, -0.05) is 13.8 Å². The number of nitrogens with two attached hydrogens (primary N) is 1. The van der Waals surface area contributed by atoms with Crippen LogP contribution in [0, 0.1) is 17.8 Å². The van der Waals surface area contributed by atoms with Gasteiger partial charge in [0.25, 0.3) is 0 Å². The van der Waals surface area contributed by atoms with Crippen molar-refractivity contribution in [3.63, 3.8) is 0 Å². The molecule has 2 aliphatic rings. The van der Waals surface area contributed by atoms with E-state index < -0.39 is 5.54 Å². The van der Waals surface area contributed by atoms with Crippen LogP contribution in [0.2, 0.25) is 0 Å². The number of hydrogen-bond acceptors (Lipinski definition) is 2. The maximum Gasteiger partial charge on any atom is 0.240 e. The fraction of sp³-hybridized carbons (Fsp3) is 0.929. The highest BCUT2D eigenvalue weighted by Gasteiger charge is 2.44. The Kier molecular flexibility index (Phi) is 3.48. The maximum atomic E-state index is 12.2. The number of carbonyl (C=O) groups excluding carboxylic acids is 1. The lowest BCUT2D eigenvalue weighted by atomic mass is 9.80. The largest absolute Gasteiger partial charge is 0.352 e. The fourth-order valence-corrected chi connectivity index (χ4v) is 3.27. The van der Waals surface area contributed by atoms with Gasteiger partial charge in [-0.25, -0.2) is 0 Å². The number of carbonyl (C=O) groups is 1. The van der Waals surface area contributed by atoms with E-state index in [0.717, 1.165) is 25.7 Å². The van der Waals surface area contributed by atoms with Gasteiger partial charge in [0, 0.05) is 6.04 Å². The molecule has 3 unspecified atom stereocenters. The van der Waals surface area contributed by atoms with E-state index in [1.54, 1.807) is 0 Å². The van der Waals surface area contributed by atoms with Crippen LogP contribution in [0.1, 0.15) is 52.9 Å². The first-order chi connectivity index (χ1) is 7.89. The molecule has 2 rings (SSSR count). The summed E-state index contributed by atoms with van der Waals surface area (Å²) in [5.74, 6) is 1.90. The lowest BCUT2D eigenvalue weighted by Crippen LogP contribution is -2.56. The third-order valence-corrected chi connectivity index (χ3v) is 4.43. The Morgan fingerprint density at radius 3 is 2.18 bits per heavy atom. The minimum Gasteiger partial charge on any atom is -0.352 e. The maximum absolute atomic E-state index is 12.2. The summed E-state index contributed by atoms with van der Waals surface area (Å²) in [6.07, 6.45) is 5.72. The number of rotatable bonds is 3. The van der Waals surface area contributed by atoms with Gasteiger partial charge in [-0.05, 0) is 56.8 Å². The van der Waals surface area contributed by atoms with E-state index in [1.807, 2.05) is 6.92 Å². The fourth-order valence-electron chi connectivity index (χ4n) is 3.27. The van der Waals surface area contributed by atoms with Crippen molar-refractivity contribution < 1.29 is 4.79 Å². The van der Waals surface area contributed by atoms with E-state index in [4.69, 9.17) is 5.73 Å². The molecule has 3 atom stereocenters. The van der Waals surface area contributed by atoms with E-state index in [2.05, 4.69) is 19.2 Å². The van der Waals surface area contributed by atoms with Crippen molar-refractivity contribution in [1.29, 1.82) is 0 Å². The molecule has 3 N–H and O–H groups in total. The summed E-state index contributed by atoms with van der Waals surface area (Å²) in [7, 11) is 0. The predicted octanol–water partition coefficient (Wildman–Crippen LogP) is 2.05. The Bertz CT molecular complexity index is 287. The molecule has 1 amide bonds. The van der Waals surface area contributed by atoms with Crippen molar-refractivity contribution in [3.8, 4) is 0 Å². The summed E-state index contributed by atoms with van der Waals surface area (Å²) < 4.78 is 0. The Balaban J connectivity index is 1.89. The highest BCUT2D eigenvalue weighted by molar-refractivity contribution is 5.86. The second-order valence-electron chi connectivity index (χ2n) is 6.64. The Morgan fingerprint density at radius 2 is 1.71 bits per heavy atom. The van der Waals surface area contributed by atoms with Crippen molar-refractivity contribution >= 4 is 5.91 Å². The summed E-state index contributed by atoms with van der Waals surface area (Å²) in [4.78, 5) is 12.2. The predicted molar refractivity (Wildman–Crippen MR) is 69.4 cm³/mol. The first kappa shape index (κ1) is 12.9. The standard InChI is InChI=1S/C14H26N2O/c1-9-6-10(2)8-12(7-9)16-13(17)14(3,15)11-4-5-11/h9-12H,4-8,15H2,1-3H3,(H,16,17). The van der Waals surface area contributed by atoms with Crippen LogP contribution in [-0.4, -0.2) is 17.5 Å². The Labute approximate surface area is 105 Å². The third kappa shape index (κ3) is 3.01. The first-order valence-corrected chi connectivity index (χ1v) is 6.99. The minimum atomic E-state index is -0.649. The van der Waals surface area contributed by atoms with E-state index in [0.29, 0.717) is 23.8 Å². The second kappa shape index (κ2) is 4.60. The summed E-state index contributed by atoms with van der Waals surface area (Å²) in [5, 5.41) is 3.18. The monoisotopic (exact) mass is 238 g/mol. The molecule has 3 nitrogen and oxygen atoms in total. The number of nitrogens with one attached hydrogen (secondary N) is 1. The topological polar surface area (TPSA) is 55.1 Å². The second-order valence-corrected chi connectivity index (χ2v) is 6.64. The minimum absolute atomic E-state index is 0.0614. The average Bonchev–Trinajstić information content (AvgIpc) is 2.98. The van der Waals surface area contributed by atoms with Gasteiger partial charge in [-0.15, -0.1) is 0 Å². The van der Waals surface area contributed by atoms with Crippen molar-refractivity contribution in [3.05, 3.63) is 0 Å². The Morgan fingerprint density at radius 1 is 1.18 bits per heavy atom. The SMILES string of the molecule is CC1CC(C)CC(NC(=O)C(C)(N)C2CC2)C1. The van der Waals surface area contributed by atoms with Crippen LogP contribution in [0.25, 0.3) is 0 Å². The summed E-state index contributed by atoms with van der Waals surface area (Å²) in [5.41, 5.74) is 5.49. The highest BCUT2D eigenvalue weighted by atomic mass is 16.2. The third-order valence-electron chi connectivity index (χ3n) is 4.43. The molecular formula is C14H26N2O. The van der Waals surface area contributed by atoms with E-state index >= 15 is 0 Å².